The Morgan fingerprint density at radius 2 is 2.22 bits per heavy atom. The normalized spacial score (nSPS) is 18.9. The first-order valence-electron chi connectivity index (χ1n) is 5.66. The zero-order valence-electron chi connectivity index (χ0n) is 9.71. The first-order chi connectivity index (χ1) is 8.16. The second-order valence-corrected chi connectivity index (χ2v) is 5.03. The molecule has 2 N–H and O–H groups in total. The quantitative estimate of drug-likeness (QED) is 0.871. The number of hydrogen-bond acceptors (Lipinski definition) is 2. The molecule has 0 bridgehead atoms. The maximum atomic E-state index is 13.4. The summed E-state index contributed by atoms with van der Waals surface area (Å²) in [6.45, 7) is 0.846. The highest BCUT2D eigenvalue weighted by Gasteiger charge is 2.21. The van der Waals surface area contributed by atoms with Crippen molar-refractivity contribution in [3.8, 4) is 0 Å². The molecule has 1 fully saturated rings. The first kappa shape index (κ1) is 15.4. The highest BCUT2D eigenvalue weighted by Crippen LogP contribution is 2.20. The van der Waals surface area contributed by atoms with E-state index in [4.69, 9.17) is 0 Å². The zero-order chi connectivity index (χ0) is 12.3. The van der Waals surface area contributed by atoms with Crippen molar-refractivity contribution < 1.29 is 9.18 Å². The lowest BCUT2D eigenvalue weighted by Gasteiger charge is -2.22. The van der Waals surface area contributed by atoms with Crippen LogP contribution in [-0.2, 0) is 4.79 Å². The van der Waals surface area contributed by atoms with Gasteiger partial charge in [0.05, 0.1) is 11.7 Å². The number of carbonyl (C=O) groups is 1. The average Bonchev–Trinajstić information content (AvgIpc) is 2.35. The minimum absolute atomic E-state index is 0. The summed E-state index contributed by atoms with van der Waals surface area (Å²) in [6.07, 6.45) is 2.93. The van der Waals surface area contributed by atoms with Crippen LogP contribution in [0.4, 0.5) is 10.1 Å². The van der Waals surface area contributed by atoms with Gasteiger partial charge in [-0.15, -0.1) is 12.4 Å². The number of halogens is 3. The van der Waals surface area contributed by atoms with Crippen LogP contribution < -0.4 is 10.6 Å². The molecule has 18 heavy (non-hydrogen) atoms. The third-order valence-corrected chi connectivity index (χ3v) is 3.31. The Morgan fingerprint density at radius 1 is 1.44 bits per heavy atom. The van der Waals surface area contributed by atoms with Gasteiger partial charge in [0.2, 0.25) is 5.91 Å². The highest BCUT2D eigenvalue weighted by atomic mass is 79.9. The molecule has 1 amide bonds. The number of benzene rings is 1. The summed E-state index contributed by atoms with van der Waals surface area (Å²) in [7, 11) is 0. The van der Waals surface area contributed by atoms with Gasteiger partial charge in [0.15, 0.2) is 0 Å². The molecule has 1 saturated heterocycles. The summed E-state index contributed by atoms with van der Waals surface area (Å²) in [5.74, 6) is -0.584. The van der Waals surface area contributed by atoms with Crippen LogP contribution in [0.5, 0.6) is 0 Å². The van der Waals surface area contributed by atoms with Crippen molar-refractivity contribution >= 4 is 39.9 Å². The summed E-state index contributed by atoms with van der Waals surface area (Å²) in [5, 5.41) is 5.74. The Balaban J connectivity index is 0.00000162. The lowest BCUT2D eigenvalue weighted by atomic mass is 10.0. The Morgan fingerprint density at radius 3 is 2.89 bits per heavy atom. The van der Waals surface area contributed by atoms with Crippen molar-refractivity contribution in [2.75, 3.05) is 11.9 Å². The van der Waals surface area contributed by atoms with E-state index in [2.05, 4.69) is 26.6 Å². The number of rotatable bonds is 2. The molecule has 0 saturated carbocycles. The van der Waals surface area contributed by atoms with Crippen molar-refractivity contribution in [3.63, 3.8) is 0 Å². The second-order valence-electron chi connectivity index (χ2n) is 4.12. The molecular formula is C12H15BrClFN2O. The van der Waals surface area contributed by atoms with Crippen LogP contribution in [-0.4, -0.2) is 18.5 Å². The monoisotopic (exact) mass is 336 g/mol. The fraction of sp³-hybridized carbons (Fsp3) is 0.417. The van der Waals surface area contributed by atoms with Crippen molar-refractivity contribution in [1.82, 2.24) is 5.32 Å². The van der Waals surface area contributed by atoms with Gasteiger partial charge in [-0.1, -0.05) is 22.4 Å². The minimum Gasteiger partial charge on any atom is -0.322 e. The molecule has 0 radical (unpaired) electrons. The molecule has 0 spiro atoms. The molecule has 1 aromatic carbocycles. The molecule has 1 aliphatic heterocycles. The molecule has 6 heteroatoms. The molecule has 2 rings (SSSR count). The van der Waals surface area contributed by atoms with Crippen LogP contribution >= 0.6 is 28.3 Å². The van der Waals surface area contributed by atoms with Crippen molar-refractivity contribution in [1.29, 1.82) is 0 Å². The van der Waals surface area contributed by atoms with Crippen LogP contribution in [0.3, 0.4) is 0 Å². The van der Waals surface area contributed by atoms with Gasteiger partial charge < -0.3 is 10.6 Å². The molecular weight excluding hydrogens is 323 g/mol. The van der Waals surface area contributed by atoms with Crippen LogP contribution in [0, 0.1) is 5.82 Å². The van der Waals surface area contributed by atoms with E-state index in [1.54, 1.807) is 12.1 Å². The number of nitrogens with one attached hydrogen (secondary N) is 2. The lowest BCUT2D eigenvalue weighted by molar-refractivity contribution is -0.118. The topological polar surface area (TPSA) is 41.1 Å². The average molecular weight is 338 g/mol. The fourth-order valence-electron chi connectivity index (χ4n) is 1.89. The van der Waals surface area contributed by atoms with Crippen LogP contribution in [0.15, 0.2) is 22.7 Å². The molecule has 3 nitrogen and oxygen atoms in total. The number of hydrogen-bond donors (Lipinski definition) is 2. The van der Waals surface area contributed by atoms with E-state index in [0.717, 1.165) is 30.3 Å². The predicted molar refractivity (Wildman–Crippen MR) is 75.6 cm³/mol. The summed E-state index contributed by atoms with van der Waals surface area (Å²) in [4.78, 5) is 11.9. The molecule has 1 aromatic rings. The Kier molecular flexibility index (Phi) is 6.05. The van der Waals surface area contributed by atoms with Gasteiger partial charge in [0.25, 0.3) is 0 Å². The largest absolute Gasteiger partial charge is 0.322 e. The SMILES string of the molecule is Cl.O=C(Nc1cc(Br)ccc1F)[C@H]1CCCCN1. The molecule has 0 aromatic heterocycles. The second kappa shape index (κ2) is 7.07. The van der Waals surface area contributed by atoms with E-state index in [9.17, 15) is 9.18 Å². The number of anilines is 1. The maximum Gasteiger partial charge on any atom is 0.241 e. The van der Waals surface area contributed by atoms with Crippen LogP contribution in [0.25, 0.3) is 0 Å². The van der Waals surface area contributed by atoms with Gasteiger partial charge in [-0.25, -0.2) is 4.39 Å². The Hall–Kier alpha value is -0.650. The molecule has 1 atom stereocenters. The maximum absolute atomic E-state index is 13.4. The lowest BCUT2D eigenvalue weighted by Crippen LogP contribution is -2.43. The first-order valence-corrected chi connectivity index (χ1v) is 6.45. The number of piperidine rings is 1. The van der Waals surface area contributed by atoms with E-state index in [-0.39, 0.29) is 30.0 Å². The molecule has 0 unspecified atom stereocenters. The summed E-state index contributed by atoms with van der Waals surface area (Å²) < 4.78 is 14.2. The Bertz CT molecular complexity index is 425. The fourth-order valence-corrected chi connectivity index (χ4v) is 2.25. The highest BCUT2D eigenvalue weighted by molar-refractivity contribution is 9.10. The van der Waals surface area contributed by atoms with E-state index in [1.165, 1.54) is 6.07 Å². The van der Waals surface area contributed by atoms with Crippen molar-refractivity contribution in [2.45, 2.75) is 25.3 Å². The van der Waals surface area contributed by atoms with Gasteiger partial charge in [-0.3, -0.25) is 4.79 Å². The third-order valence-electron chi connectivity index (χ3n) is 2.81. The number of amides is 1. The molecule has 0 aliphatic carbocycles. The standard InChI is InChI=1S/C12H14BrFN2O.ClH/c13-8-4-5-9(14)11(7-8)16-12(17)10-3-1-2-6-15-10;/h4-5,7,10,15H,1-3,6H2,(H,16,17);1H/t10-;/m1./s1. The smallest absolute Gasteiger partial charge is 0.241 e. The van der Waals surface area contributed by atoms with Gasteiger partial charge in [0, 0.05) is 4.47 Å². The van der Waals surface area contributed by atoms with Crippen LogP contribution in [0.2, 0.25) is 0 Å². The molecule has 1 aliphatic rings. The zero-order valence-corrected chi connectivity index (χ0v) is 12.1. The van der Waals surface area contributed by atoms with Gasteiger partial charge in [0.1, 0.15) is 5.82 Å². The molecule has 100 valence electrons. The van der Waals surface area contributed by atoms with Crippen LogP contribution in [0.1, 0.15) is 19.3 Å². The van der Waals surface area contributed by atoms with Gasteiger partial charge in [-0.05, 0) is 37.6 Å². The van der Waals surface area contributed by atoms with E-state index in [1.807, 2.05) is 0 Å². The molecule has 1 heterocycles. The third kappa shape index (κ3) is 3.93. The summed E-state index contributed by atoms with van der Waals surface area (Å²) >= 11 is 3.25. The summed E-state index contributed by atoms with van der Waals surface area (Å²) in [5.41, 5.74) is 0.219. The minimum atomic E-state index is -0.419. The number of carbonyl (C=O) groups excluding carboxylic acids is 1. The van der Waals surface area contributed by atoms with Gasteiger partial charge >= 0.3 is 0 Å². The Labute approximate surface area is 120 Å². The van der Waals surface area contributed by atoms with Crippen molar-refractivity contribution in [3.05, 3.63) is 28.5 Å². The van der Waals surface area contributed by atoms with Crippen molar-refractivity contribution in [2.24, 2.45) is 0 Å². The van der Waals surface area contributed by atoms with E-state index >= 15 is 0 Å². The van der Waals surface area contributed by atoms with Gasteiger partial charge in [-0.2, -0.15) is 0 Å². The van der Waals surface area contributed by atoms with E-state index < -0.39 is 5.82 Å². The summed E-state index contributed by atoms with van der Waals surface area (Å²) in [6, 6.07) is 4.29. The predicted octanol–water partition coefficient (Wildman–Crippen LogP) is 3.09. The van der Waals surface area contributed by atoms with E-state index in [0.29, 0.717) is 0 Å².